The lowest BCUT2D eigenvalue weighted by atomic mass is 10.1. The predicted octanol–water partition coefficient (Wildman–Crippen LogP) is -0.808. The number of hydrogen-bond donors (Lipinski definition) is 2. The van der Waals surface area contributed by atoms with E-state index < -0.39 is 18.2 Å². The molecule has 5 heteroatoms. The average Bonchev–Trinajstić information content (AvgIpc) is 2.07. The minimum atomic E-state index is -1.42. The molecule has 13 heavy (non-hydrogen) atoms. The van der Waals surface area contributed by atoms with E-state index in [2.05, 4.69) is 4.99 Å². The Morgan fingerprint density at radius 2 is 2.00 bits per heavy atom. The van der Waals surface area contributed by atoms with Gasteiger partial charge in [-0.1, -0.05) is 13.8 Å². The van der Waals surface area contributed by atoms with Crippen LogP contribution in [-0.2, 0) is 4.79 Å². The zero-order chi connectivity index (χ0) is 10.2. The van der Waals surface area contributed by atoms with Crippen LogP contribution < -0.4 is 0 Å². The molecule has 1 rings (SSSR count). The maximum atomic E-state index is 11.0. The van der Waals surface area contributed by atoms with Crippen molar-refractivity contribution in [1.29, 1.82) is 0 Å². The molecule has 2 N–H and O–H groups in total. The van der Waals surface area contributed by atoms with Crippen LogP contribution in [0.1, 0.15) is 13.8 Å². The molecule has 0 spiro atoms. The van der Waals surface area contributed by atoms with Crippen molar-refractivity contribution in [3.8, 4) is 0 Å². The van der Waals surface area contributed by atoms with Crippen LogP contribution >= 0.6 is 0 Å². The highest BCUT2D eigenvalue weighted by Gasteiger charge is 2.34. The van der Waals surface area contributed by atoms with Crippen LogP contribution in [0.5, 0.6) is 0 Å². The fourth-order valence-corrected chi connectivity index (χ4v) is 1.27. The van der Waals surface area contributed by atoms with E-state index in [9.17, 15) is 9.90 Å². The third-order valence-electron chi connectivity index (χ3n) is 2.03. The Morgan fingerprint density at radius 1 is 1.46 bits per heavy atom. The van der Waals surface area contributed by atoms with E-state index in [1.54, 1.807) is 7.05 Å². The third-order valence-corrected chi connectivity index (χ3v) is 2.03. The highest BCUT2D eigenvalue weighted by Crippen LogP contribution is 2.14. The van der Waals surface area contributed by atoms with Crippen molar-refractivity contribution in [2.24, 2.45) is 10.9 Å². The number of rotatable bonds is 1. The van der Waals surface area contributed by atoms with E-state index in [0.29, 0.717) is 5.84 Å². The molecular weight excluding hydrogens is 172 g/mol. The van der Waals surface area contributed by atoms with Crippen LogP contribution in [0.15, 0.2) is 4.99 Å². The molecule has 5 nitrogen and oxygen atoms in total. The second kappa shape index (κ2) is 3.43. The summed E-state index contributed by atoms with van der Waals surface area (Å²) in [4.78, 5) is 16.1. The lowest BCUT2D eigenvalue weighted by molar-refractivity contribution is -0.139. The van der Waals surface area contributed by atoms with Crippen molar-refractivity contribution in [3.63, 3.8) is 0 Å². The summed E-state index contributed by atoms with van der Waals surface area (Å²) in [7, 11) is 1.60. The Morgan fingerprint density at radius 3 is 2.46 bits per heavy atom. The largest absolute Gasteiger partial charge is 0.379 e. The van der Waals surface area contributed by atoms with Gasteiger partial charge in [0.1, 0.15) is 5.84 Å². The smallest absolute Gasteiger partial charge is 0.280 e. The van der Waals surface area contributed by atoms with Crippen LogP contribution in [0, 0.1) is 5.92 Å². The SMILES string of the molecule is CC(C)C1=NC(=O)C(O)C(O)N1C. The van der Waals surface area contributed by atoms with Gasteiger partial charge in [-0.15, -0.1) is 0 Å². The number of aliphatic hydroxyl groups is 2. The van der Waals surface area contributed by atoms with Gasteiger partial charge in [0, 0.05) is 13.0 Å². The highest BCUT2D eigenvalue weighted by molar-refractivity contribution is 5.99. The molecule has 0 saturated carbocycles. The number of aliphatic imine (C=N–C) groups is 1. The fourth-order valence-electron chi connectivity index (χ4n) is 1.27. The second-order valence-electron chi connectivity index (χ2n) is 3.43. The summed E-state index contributed by atoms with van der Waals surface area (Å²) in [5, 5.41) is 18.6. The van der Waals surface area contributed by atoms with Crippen LogP contribution in [0.4, 0.5) is 0 Å². The molecule has 2 unspecified atom stereocenters. The number of amides is 1. The summed E-state index contributed by atoms with van der Waals surface area (Å²) in [6, 6.07) is 0. The summed E-state index contributed by atoms with van der Waals surface area (Å²) in [5.74, 6) is -0.117. The first-order valence-corrected chi connectivity index (χ1v) is 4.16. The molecule has 0 aromatic rings. The van der Waals surface area contributed by atoms with Crippen LogP contribution in [0.3, 0.4) is 0 Å². The van der Waals surface area contributed by atoms with E-state index in [0.717, 1.165) is 0 Å². The van der Waals surface area contributed by atoms with E-state index in [1.165, 1.54) is 4.90 Å². The summed E-state index contributed by atoms with van der Waals surface area (Å²) in [5.41, 5.74) is 0. The van der Waals surface area contributed by atoms with Crippen molar-refractivity contribution in [3.05, 3.63) is 0 Å². The molecule has 74 valence electrons. The van der Waals surface area contributed by atoms with Gasteiger partial charge in [0.05, 0.1) is 0 Å². The standard InChI is InChI=1S/C8H14N2O3/c1-4(2)6-9-7(12)5(11)8(13)10(6)3/h4-5,8,11,13H,1-3H3. The van der Waals surface area contributed by atoms with Crippen molar-refractivity contribution >= 4 is 11.7 Å². The first-order valence-electron chi connectivity index (χ1n) is 4.16. The van der Waals surface area contributed by atoms with Gasteiger partial charge in [-0.25, -0.2) is 0 Å². The number of carbonyl (C=O) groups excluding carboxylic acids is 1. The molecule has 0 bridgehead atoms. The van der Waals surface area contributed by atoms with Crippen LogP contribution in [-0.4, -0.2) is 46.2 Å². The van der Waals surface area contributed by atoms with Crippen molar-refractivity contribution < 1.29 is 15.0 Å². The first kappa shape index (κ1) is 10.1. The van der Waals surface area contributed by atoms with E-state index >= 15 is 0 Å². The minimum absolute atomic E-state index is 0.0519. The quantitative estimate of drug-likeness (QED) is 0.562. The van der Waals surface area contributed by atoms with Gasteiger partial charge in [-0.05, 0) is 0 Å². The topological polar surface area (TPSA) is 73.1 Å². The monoisotopic (exact) mass is 186 g/mol. The Labute approximate surface area is 76.7 Å². The van der Waals surface area contributed by atoms with Gasteiger partial charge in [0.2, 0.25) is 0 Å². The zero-order valence-corrected chi connectivity index (χ0v) is 7.93. The Kier molecular flexibility index (Phi) is 2.68. The van der Waals surface area contributed by atoms with Gasteiger partial charge in [-0.2, -0.15) is 4.99 Å². The Bertz CT molecular complexity index is 250. The minimum Gasteiger partial charge on any atom is -0.379 e. The van der Waals surface area contributed by atoms with Gasteiger partial charge >= 0.3 is 0 Å². The molecule has 1 aliphatic heterocycles. The van der Waals surface area contributed by atoms with E-state index in [1.807, 2.05) is 13.8 Å². The molecule has 1 aliphatic rings. The Hall–Kier alpha value is -0.940. The number of hydrogen-bond acceptors (Lipinski definition) is 4. The molecule has 0 aliphatic carbocycles. The van der Waals surface area contributed by atoms with Gasteiger partial charge < -0.3 is 15.1 Å². The molecule has 2 atom stereocenters. The lowest BCUT2D eigenvalue weighted by Crippen LogP contribution is -2.53. The van der Waals surface area contributed by atoms with Gasteiger partial charge in [0.25, 0.3) is 5.91 Å². The fraction of sp³-hybridized carbons (Fsp3) is 0.750. The third kappa shape index (κ3) is 1.71. The van der Waals surface area contributed by atoms with Crippen molar-refractivity contribution in [1.82, 2.24) is 4.90 Å². The highest BCUT2D eigenvalue weighted by atomic mass is 16.4. The average molecular weight is 186 g/mol. The molecule has 0 aromatic heterocycles. The maximum Gasteiger partial charge on any atom is 0.280 e. The summed E-state index contributed by atoms with van der Waals surface area (Å²) in [6.45, 7) is 3.74. The number of nitrogens with zero attached hydrogens (tertiary/aromatic N) is 2. The molecular formula is C8H14N2O3. The summed E-state index contributed by atoms with van der Waals surface area (Å²) in [6.07, 6.45) is -2.60. The molecule has 1 heterocycles. The summed E-state index contributed by atoms with van der Waals surface area (Å²) >= 11 is 0. The maximum absolute atomic E-state index is 11.0. The first-order chi connectivity index (χ1) is 5.95. The van der Waals surface area contributed by atoms with Gasteiger partial charge in [0.15, 0.2) is 12.3 Å². The molecule has 0 aromatic carbocycles. The van der Waals surface area contributed by atoms with Crippen molar-refractivity contribution in [2.75, 3.05) is 7.05 Å². The lowest BCUT2D eigenvalue weighted by Gasteiger charge is -2.34. The zero-order valence-electron chi connectivity index (χ0n) is 7.93. The number of likely N-dealkylation sites (N-methyl/N-ethyl adjacent to an activating group) is 1. The van der Waals surface area contributed by atoms with Crippen LogP contribution in [0.25, 0.3) is 0 Å². The van der Waals surface area contributed by atoms with Crippen molar-refractivity contribution in [2.45, 2.75) is 26.2 Å². The molecule has 1 amide bonds. The van der Waals surface area contributed by atoms with E-state index in [4.69, 9.17) is 5.11 Å². The molecule has 0 saturated heterocycles. The number of aliphatic hydroxyl groups excluding tert-OH is 2. The molecule has 0 radical (unpaired) electrons. The Balaban J connectivity index is 2.98. The van der Waals surface area contributed by atoms with Gasteiger partial charge in [-0.3, -0.25) is 4.79 Å². The second-order valence-corrected chi connectivity index (χ2v) is 3.43. The molecule has 0 fully saturated rings. The summed E-state index contributed by atoms with van der Waals surface area (Å²) < 4.78 is 0. The predicted molar refractivity (Wildman–Crippen MR) is 47.1 cm³/mol. The van der Waals surface area contributed by atoms with Crippen LogP contribution in [0.2, 0.25) is 0 Å². The number of amidine groups is 1. The van der Waals surface area contributed by atoms with E-state index in [-0.39, 0.29) is 5.92 Å². The number of carbonyl (C=O) groups is 1. The normalized spacial score (nSPS) is 29.5.